The Balaban J connectivity index is 2.49. The van der Waals surface area contributed by atoms with Crippen LogP contribution in [0.4, 0.5) is 5.88 Å². The monoisotopic (exact) mass is 479 g/mol. The summed E-state index contributed by atoms with van der Waals surface area (Å²) in [4.78, 5) is 0.602. The summed E-state index contributed by atoms with van der Waals surface area (Å²) in [5, 5.41) is 11.2. The van der Waals surface area contributed by atoms with Crippen molar-refractivity contribution >= 4 is 62.8 Å². The predicted octanol–water partition coefficient (Wildman–Crippen LogP) is 4.44. The lowest BCUT2D eigenvalue weighted by atomic mass is 10.0. The largest absolute Gasteiger partial charge is 0.538 e. The normalized spacial score (nSPS) is 15.1. The number of thiocarbonyl (C=S) groups is 1. The van der Waals surface area contributed by atoms with E-state index >= 15 is 0 Å². The molecule has 1 heterocycles. The van der Waals surface area contributed by atoms with Gasteiger partial charge < -0.3 is 13.9 Å². The maximum atomic E-state index is 12.3. The molecule has 0 saturated heterocycles. The van der Waals surface area contributed by atoms with Crippen LogP contribution in [0.15, 0.2) is 22.6 Å². The van der Waals surface area contributed by atoms with Gasteiger partial charge in [0, 0.05) is 22.2 Å². The summed E-state index contributed by atoms with van der Waals surface area (Å²) >= 11 is 8.54. The van der Waals surface area contributed by atoms with Gasteiger partial charge in [-0.3, -0.25) is 0 Å². The standard InChI is InChI=1S/C16H22BrNO5S2Si/c1-26(2,3)23-15-13(19)14(11-7-4-5-8-12(11)24)22-16(15)18-25(20,21)10-6-9-17/h4-5,7,18-19H,6,8-10H2,1-3H3. The van der Waals surface area contributed by atoms with Crippen LogP contribution >= 0.6 is 28.1 Å². The van der Waals surface area contributed by atoms with Crippen LogP contribution in [0, 0.1) is 0 Å². The molecule has 0 aromatic carbocycles. The molecule has 0 aliphatic heterocycles. The van der Waals surface area contributed by atoms with Crippen LogP contribution in [-0.2, 0) is 10.0 Å². The summed E-state index contributed by atoms with van der Waals surface area (Å²) in [5.74, 6) is -0.307. The molecule has 0 bridgehead atoms. The number of alkyl halides is 1. The van der Waals surface area contributed by atoms with Gasteiger partial charge in [0.25, 0.3) is 5.88 Å². The first-order chi connectivity index (χ1) is 12.0. The number of rotatable bonds is 8. The Bertz CT molecular complexity index is 853. The molecule has 0 saturated carbocycles. The smallest absolute Gasteiger partial charge is 0.252 e. The highest BCUT2D eigenvalue weighted by Crippen LogP contribution is 2.46. The Labute approximate surface area is 168 Å². The first-order valence-electron chi connectivity index (χ1n) is 8.05. The molecular formula is C16H22BrNO5S2Si. The number of allylic oxidation sites excluding steroid dienone is 4. The minimum Gasteiger partial charge on any atom is -0.538 e. The van der Waals surface area contributed by atoms with Crippen LogP contribution in [0.5, 0.6) is 11.5 Å². The van der Waals surface area contributed by atoms with Gasteiger partial charge in [-0.15, -0.1) is 0 Å². The van der Waals surface area contributed by atoms with Crippen molar-refractivity contribution in [3.63, 3.8) is 0 Å². The molecule has 1 aliphatic rings. The van der Waals surface area contributed by atoms with Crippen molar-refractivity contribution in [1.82, 2.24) is 0 Å². The van der Waals surface area contributed by atoms with Gasteiger partial charge in [-0.1, -0.05) is 46.4 Å². The lowest BCUT2D eigenvalue weighted by Gasteiger charge is -2.19. The molecule has 0 fully saturated rings. The molecule has 0 radical (unpaired) electrons. The molecule has 144 valence electrons. The third-order valence-electron chi connectivity index (χ3n) is 3.29. The molecule has 0 unspecified atom stereocenters. The Morgan fingerprint density at radius 1 is 1.42 bits per heavy atom. The van der Waals surface area contributed by atoms with Crippen molar-refractivity contribution in [2.24, 2.45) is 0 Å². The SMILES string of the molecule is C[Si](C)(C)Oc1c(NS(=O)(=O)CCCBr)oc(C2=CC=CCC2=S)c1O. The van der Waals surface area contributed by atoms with E-state index in [0.717, 1.165) is 0 Å². The fourth-order valence-corrected chi connectivity index (χ4v) is 4.99. The molecular weight excluding hydrogens is 458 g/mol. The summed E-state index contributed by atoms with van der Waals surface area (Å²) in [6.07, 6.45) is 6.43. The average molecular weight is 480 g/mol. The molecule has 0 amide bonds. The molecule has 1 aromatic heterocycles. The maximum absolute atomic E-state index is 12.3. The quantitative estimate of drug-likeness (QED) is 0.325. The first-order valence-corrected chi connectivity index (χ1v) is 14.6. The third-order valence-corrected chi connectivity index (χ3v) is 6.38. The van der Waals surface area contributed by atoms with Gasteiger partial charge in [0.2, 0.25) is 29.8 Å². The van der Waals surface area contributed by atoms with E-state index in [9.17, 15) is 13.5 Å². The zero-order valence-electron chi connectivity index (χ0n) is 14.8. The van der Waals surface area contributed by atoms with Crippen LogP contribution in [0.25, 0.3) is 5.57 Å². The zero-order chi connectivity index (χ0) is 19.5. The molecule has 6 nitrogen and oxygen atoms in total. The number of hydrogen-bond acceptors (Lipinski definition) is 6. The van der Waals surface area contributed by atoms with Crippen molar-refractivity contribution in [1.29, 1.82) is 0 Å². The van der Waals surface area contributed by atoms with E-state index < -0.39 is 18.3 Å². The average Bonchev–Trinajstić information content (AvgIpc) is 2.80. The molecule has 1 aliphatic carbocycles. The number of furan rings is 1. The van der Waals surface area contributed by atoms with Gasteiger partial charge >= 0.3 is 0 Å². The second-order valence-corrected chi connectivity index (χ2v) is 14.3. The predicted molar refractivity (Wildman–Crippen MR) is 114 cm³/mol. The molecule has 10 heteroatoms. The molecule has 26 heavy (non-hydrogen) atoms. The number of anilines is 1. The van der Waals surface area contributed by atoms with E-state index in [-0.39, 0.29) is 28.9 Å². The summed E-state index contributed by atoms with van der Waals surface area (Å²) < 4.78 is 38.5. The summed E-state index contributed by atoms with van der Waals surface area (Å²) in [6.45, 7) is 5.78. The van der Waals surface area contributed by atoms with Crippen molar-refractivity contribution in [2.75, 3.05) is 15.8 Å². The lowest BCUT2D eigenvalue weighted by molar-refractivity contribution is 0.434. The molecule has 2 N–H and O–H groups in total. The molecule has 1 aromatic rings. The van der Waals surface area contributed by atoms with E-state index in [1.165, 1.54) is 0 Å². The van der Waals surface area contributed by atoms with E-state index in [1.54, 1.807) is 6.08 Å². The Morgan fingerprint density at radius 3 is 2.69 bits per heavy atom. The summed E-state index contributed by atoms with van der Waals surface area (Å²) in [5.41, 5.74) is 0.548. The van der Waals surface area contributed by atoms with Crippen LogP contribution in [0.2, 0.25) is 19.6 Å². The van der Waals surface area contributed by atoms with Gasteiger partial charge in [-0.05, 0) is 26.1 Å². The van der Waals surface area contributed by atoms with Crippen LogP contribution < -0.4 is 9.15 Å². The van der Waals surface area contributed by atoms with E-state index in [4.69, 9.17) is 21.1 Å². The highest BCUT2D eigenvalue weighted by Gasteiger charge is 2.31. The number of aromatic hydroxyl groups is 1. The van der Waals surface area contributed by atoms with Crippen LogP contribution in [0.3, 0.4) is 0 Å². The van der Waals surface area contributed by atoms with Gasteiger partial charge in [0.05, 0.1) is 5.75 Å². The lowest BCUT2D eigenvalue weighted by Crippen LogP contribution is -2.29. The van der Waals surface area contributed by atoms with E-state index in [0.29, 0.717) is 28.6 Å². The molecule has 2 rings (SSSR count). The Hall–Kier alpha value is -1.10. The highest BCUT2D eigenvalue weighted by atomic mass is 79.9. The minimum atomic E-state index is -3.64. The van der Waals surface area contributed by atoms with Gasteiger partial charge in [0.1, 0.15) is 0 Å². The number of nitrogens with one attached hydrogen (secondary N) is 1. The van der Waals surface area contributed by atoms with E-state index in [1.807, 2.05) is 31.8 Å². The van der Waals surface area contributed by atoms with Gasteiger partial charge in [-0.2, -0.15) is 0 Å². The van der Waals surface area contributed by atoms with Crippen LogP contribution in [-0.4, -0.2) is 37.8 Å². The maximum Gasteiger partial charge on any atom is 0.252 e. The Kier molecular flexibility index (Phi) is 6.75. The second-order valence-electron chi connectivity index (χ2n) is 6.75. The van der Waals surface area contributed by atoms with Crippen molar-refractivity contribution in [3.05, 3.63) is 24.0 Å². The van der Waals surface area contributed by atoms with Crippen LogP contribution in [0.1, 0.15) is 18.6 Å². The van der Waals surface area contributed by atoms with Gasteiger partial charge in [-0.25, -0.2) is 13.1 Å². The topological polar surface area (TPSA) is 88.8 Å². The summed E-state index contributed by atoms with van der Waals surface area (Å²) in [7, 11) is -5.78. The highest BCUT2D eigenvalue weighted by molar-refractivity contribution is 9.09. The minimum absolute atomic E-state index is 0.0137. The van der Waals surface area contributed by atoms with Crippen molar-refractivity contribution in [2.45, 2.75) is 32.5 Å². The number of sulfonamides is 1. The fraction of sp³-hybridized carbons (Fsp3) is 0.438. The van der Waals surface area contributed by atoms with Crippen molar-refractivity contribution in [3.8, 4) is 11.5 Å². The number of halogens is 1. The number of hydrogen-bond donors (Lipinski definition) is 2. The first kappa shape index (κ1) is 21.2. The Morgan fingerprint density at radius 2 is 2.12 bits per heavy atom. The molecule has 0 atom stereocenters. The molecule has 0 spiro atoms. The fourth-order valence-electron chi connectivity index (χ4n) is 2.24. The zero-order valence-corrected chi connectivity index (χ0v) is 19.1. The van der Waals surface area contributed by atoms with Gasteiger partial charge in [0.15, 0.2) is 5.76 Å². The van der Waals surface area contributed by atoms with E-state index in [2.05, 4.69) is 20.7 Å². The third kappa shape index (κ3) is 5.45. The van der Waals surface area contributed by atoms with Crippen molar-refractivity contribution < 1.29 is 22.4 Å². The second kappa shape index (κ2) is 8.28. The summed E-state index contributed by atoms with van der Waals surface area (Å²) in [6, 6.07) is 0.